The van der Waals surface area contributed by atoms with Gasteiger partial charge in [-0.15, -0.1) is 6.42 Å². The first kappa shape index (κ1) is 24.0. The van der Waals surface area contributed by atoms with Crippen LogP contribution < -0.4 is 20.2 Å². The summed E-state index contributed by atoms with van der Waals surface area (Å²) in [4.78, 5) is 25.2. The fourth-order valence-corrected chi connectivity index (χ4v) is 2.99. The molecular weight excluding hydrogens is 462 g/mol. The van der Waals surface area contributed by atoms with E-state index in [0.29, 0.717) is 22.6 Å². The van der Waals surface area contributed by atoms with Gasteiger partial charge >= 0.3 is 0 Å². The summed E-state index contributed by atoms with van der Waals surface area (Å²) >= 11 is 3.39. The maximum absolute atomic E-state index is 12.6. The number of nitrogens with zero attached hydrogens (tertiary/aromatic N) is 1. The van der Waals surface area contributed by atoms with E-state index in [4.69, 9.17) is 15.9 Å². The molecule has 0 aliphatic heterocycles. The Morgan fingerprint density at radius 2 is 1.94 bits per heavy atom. The minimum atomic E-state index is -0.772. The molecule has 2 rings (SSSR count). The number of hydrogen-bond donors (Lipinski definition) is 2. The van der Waals surface area contributed by atoms with Crippen molar-refractivity contribution < 1.29 is 19.1 Å². The third kappa shape index (κ3) is 7.15. The van der Waals surface area contributed by atoms with Crippen LogP contribution in [-0.2, 0) is 4.79 Å². The highest BCUT2D eigenvalue weighted by molar-refractivity contribution is 9.10. The number of rotatable bonds is 9. The molecule has 31 heavy (non-hydrogen) atoms. The van der Waals surface area contributed by atoms with Gasteiger partial charge in [0.2, 0.25) is 0 Å². The molecule has 7 nitrogen and oxygen atoms in total. The lowest BCUT2D eigenvalue weighted by Gasteiger charge is -2.20. The van der Waals surface area contributed by atoms with Gasteiger partial charge in [-0.3, -0.25) is 9.59 Å². The number of methoxy groups -OCH3 is 1. The lowest BCUT2D eigenvalue weighted by Crippen LogP contribution is -2.48. The molecule has 2 N–H and O–H groups in total. The molecule has 1 unspecified atom stereocenters. The number of amides is 2. The summed E-state index contributed by atoms with van der Waals surface area (Å²) in [6.45, 7) is 3.78. The topological polar surface area (TPSA) is 89.0 Å². The van der Waals surface area contributed by atoms with E-state index in [1.165, 1.54) is 6.21 Å². The predicted molar refractivity (Wildman–Crippen MR) is 123 cm³/mol. The lowest BCUT2D eigenvalue weighted by molar-refractivity contribution is -0.123. The average molecular weight is 486 g/mol. The van der Waals surface area contributed by atoms with Gasteiger partial charge in [0.1, 0.15) is 24.1 Å². The van der Waals surface area contributed by atoms with Crippen molar-refractivity contribution in [1.82, 2.24) is 10.7 Å². The second-order valence-corrected chi connectivity index (χ2v) is 7.75. The Bertz CT molecular complexity index is 981. The first-order chi connectivity index (χ1) is 14.8. The first-order valence-electron chi connectivity index (χ1n) is 9.49. The number of terminal acetylenes is 1. The van der Waals surface area contributed by atoms with Crippen LogP contribution in [-0.4, -0.2) is 37.8 Å². The van der Waals surface area contributed by atoms with Crippen LogP contribution in [0.1, 0.15) is 29.8 Å². The van der Waals surface area contributed by atoms with E-state index < -0.39 is 11.9 Å². The van der Waals surface area contributed by atoms with Gasteiger partial charge in [-0.25, -0.2) is 5.43 Å². The summed E-state index contributed by atoms with van der Waals surface area (Å²) < 4.78 is 11.4. The number of benzene rings is 2. The van der Waals surface area contributed by atoms with Crippen LogP contribution in [0.15, 0.2) is 52.0 Å². The second-order valence-electron chi connectivity index (χ2n) is 6.83. The van der Waals surface area contributed by atoms with E-state index in [2.05, 4.69) is 37.7 Å². The third-order valence-electron chi connectivity index (χ3n) is 4.25. The summed E-state index contributed by atoms with van der Waals surface area (Å²) in [7, 11) is 1.55. The normalized spacial score (nSPS) is 11.6. The molecule has 2 aromatic rings. The van der Waals surface area contributed by atoms with Crippen LogP contribution in [0.2, 0.25) is 0 Å². The van der Waals surface area contributed by atoms with Crippen molar-refractivity contribution in [3.63, 3.8) is 0 Å². The number of ether oxygens (including phenoxy) is 2. The second kappa shape index (κ2) is 11.8. The van der Waals surface area contributed by atoms with E-state index in [1.807, 2.05) is 19.9 Å². The Kier molecular flexibility index (Phi) is 9.10. The first-order valence-corrected chi connectivity index (χ1v) is 10.3. The van der Waals surface area contributed by atoms with E-state index in [1.54, 1.807) is 43.5 Å². The van der Waals surface area contributed by atoms with Crippen molar-refractivity contribution >= 4 is 34.0 Å². The molecular formula is C23H24BrN3O4. The van der Waals surface area contributed by atoms with Crippen LogP contribution in [0, 0.1) is 18.3 Å². The molecule has 0 radical (unpaired) electrons. The number of hydrogen-bond acceptors (Lipinski definition) is 5. The summed E-state index contributed by atoms with van der Waals surface area (Å²) in [5, 5.41) is 6.76. The third-order valence-corrected chi connectivity index (χ3v) is 4.74. The van der Waals surface area contributed by atoms with Crippen molar-refractivity contribution in [3.8, 4) is 23.8 Å². The van der Waals surface area contributed by atoms with Crippen molar-refractivity contribution in [1.29, 1.82) is 0 Å². The molecule has 2 aromatic carbocycles. The van der Waals surface area contributed by atoms with Gasteiger partial charge in [0.05, 0.1) is 13.3 Å². The van der Waals surface area contributed by atoms with Crippen molar-refractivity contribution in [2.75, 3.05) is 13.7 Å². The Morgan fingerprint density at radius 3 is 2.55 bits per heavy atom. The fourth-order valence-electron chi connectivity index (χ4n) is 2.61. The summed E-state index contributed by atoms with van der Waals surface area (Å²) in [5.74, 6) is 2.62. The van der Waals surface area contributed by atoms with Gasteiger partial charge in [0.15, 0.2) is 0 Å². The summed E-state index contributed by atoms with van der Waals surface area (Å²) in [6, 6.07) is 11.2. The molecule has 2 amide bonds. The molecule has 0 bridgehead atoms. The molecule has 0 fully saturated rings. The Labute approximate surface area is 190 Å². The van der Waals surface area contributed by atoms with Crippen molar-refractivity contribution in [2.24, 2.45) is 11.0 Å². The highest BCUT2D eigenvalue weighted by Crippen LogP contribution is 2.21. The van der Waals surface area contributed by atoms with Crippen molar-refractivity contribution in [3.05, 3.63) is 58.1 Å². The van der Waals surface area contributed by atoms with Gasteiger partial charge in [-0.2, -0.15) is 5.10 Å². The van der Waals surface area contributed by atoms with Crippen LogP contribution in [0.4, 0.5) is 0 Å². The largest absolute Gasteiger partial charge is 0.497 e. The van der Waals surface area contributed by atoms with E-state index in [0.717, 1.165) is 4.47 Å². The van der Waals surface area contributed by atoms with E-state index >= 15 is 0 Å². The van der Waals surface area contributed by atoms with Gasteiger partial charge < -0.3 is 14.8 Å². The zero-order valence-corrected chi connectivity index (χ0v) is 19.1. The molecule has 0 aliphatic rings. The molecule has 0 saturated carbocycles. The van der Waals surface area contributed by atoms with Crippen molar-refractivity contribution in [2.45, 2.75) is 19.9 Å². The maximum atomic E-state index is 12.6. The predicted octanol–water partition coefficient (Wildman–Crippen LogP) is 3.37. The number of nitrogens with one attached hydrogen (secondary N) is 2. The van der Waals surface area contributed by atoms with E-state index in [-0.39, 0.29) is 18.4 Å². The van der Waals surface area contributed by atoms with Gasteiger partial charge in [-0.05, 0) is 48.4 Å². The molecule has 162 valence electrons. The SMILES string of the molecule is C#CCOc1ccc(Br)cc1C=NNC(=O)C(NC(=O)c1ccc(OC)cc1)C(C)C. The molecule has 0 spiro atoms. The van der Waals surface area contributed by atoms with Crippen LogP contribution in [0.3, 0.4) is 0 Å². The fraction of sp³-hybridized carbons (Fsp3) is 0.261. The van der Waals surface area contributed by atoms with Crippen LogP contribution in [0.25, 0.3) is 0 Å². The minimum absolute atomic E-state index is 0.113. The molecule has 8 heteroatoms. The van der Waals surface area contributed by atoms with Gasteiger partial charge in [0, 0.05) is 15.6 Å². The lowest BCUT2D eigenvalue weighted by atomic mass is 10.0. The standard InChI is InChI=1S/C23H24BrN3O4/c1-5-12-31-20-11-8-18(24)13-17(20)14-25-27-23(29)21(15(2)3)26-22(28)16-6-9-19(30-4)10-7-16/h1,6-11,13-15,21H,12H2,2-4H3,(H,26,28)(H,27,29). The molecule has 0 heterocycles. The molecule has 0 aliphatic carbocycles. The quantitative estimate of drug-likeness (QED) is 0.323. The van der Waals surface area contributed by atoms with E-state index in [9.17, 15) is 9.59 Å². The number of carbonyl (C=O) groups excluding carboxylic acids is 2. The zero-order chi connectivity index (χ0) is 22.8. The van der Waals surface area contributed by atoms with Gasteiger partial charge in [0.25, 0.3) is 11.8 Å². The average Bonchev–Trinajstić information content (AvgIpc) is 2.76. The zero-order valence-electron chi connectivity index (χ0n) is 17.5. The van der Waals surface area contributed by atoms with Crippen LogP contribution in [0.5, 0.6) is 11.5 Å². The summed E-state index contributed by atoms with van der Waals surface area (Å²) in [6.07, 6.45) is 6.69. The number of halogens is 1. The van der Waals surface area contributed by atoms with Gasteiger partial charge in [-0.1, -0.05) is 35.7 Å². The highest BCUT2D eigenvalue weighted by atomic mass is 79.9. The molecule has 0 saturated heterocycles. The monoisotopic (exact) mass is 485 g/mol. The maximum Gasteiger partial charge on any atom is 0.262 e. The number of hydrazone groups is 1. The Morgan fingerprint density at radius 1 is 1.23 bits per heavy atom. The minimum Gasteiger partial charge on any atom is -0.497 e. The molecule has 0 aromatic heterocycles. The Balaban J connectivity index is 2.06. The highest BCUT2D eigenvalue weighted by Gasteiger charge is 2.24. The number of carbonyl (C=O) groups is 2. The smallest absolute Gasteiger partial charge is 0.262 e. The summed E-state index contributed by atoms with van der Waals surface area (Å²) in [5.41, 5.74) is 3.53. The Hall–Kier alpha value is -3.31. The molecule has 1 atom stereocenters. The van der Waals surface area contributed by atoms with Crippen LogP contribution >= 0.6 is 15.9 Å².